The van der Waals surface area contributed by atoms with Gasteiger partial charge in [0.1, 0.15) is 17.2 Å². The van der Waals surface area contributed by atoms with Crippen LogP contribution < -0.4 is 0 Å². The number of benzene rings is 1. The molecule has 1 saturated carbocycles. The van der Waals surface area contributed by atoms with E-state index in [1.54, 1.807) is 25.8 Å². The smallest absolute Gasteiger partial charge is 0.427 e. The van der Waals surface area contributed by atoms with Crippen molar-refractivity contribution in [2.24, 2.45) is 0 Å². The van der Waals surface area contributed by atoms with Crippen LogP contribution in [0.4, 0.5) is 4.79 Å². The third-order valence-electron chi connectivity index (χ3n) is 6.75. The highest BCUT2D eigenvalue weighted by molar-refractivity contribution is 6.30. The average Bonchev–Trinajstić information content (AvgIpc) is 3.14. The number of ether oxygens (including phenoxy) is 1. The lowest BCUT2D eigenvalue weighted by atomic mass is 9.81. The van der Waals surface area contributed by atoms with Gasteiger partial charge in [0.2, 0.25) is 0 Å². The molecule has 1 fully saturated rings. The molecule has 5 rings (SSSR count). The molecule has 0 radical (unpaired) electrons. The van der Waals surface area contributed by atoms with E-state index in [2.05, 4.69) is 14.8 Å². The van der Waals surface area contributed by atoms with Crippen LogP contribution in [-0.4, -0.2) is 41.6 Å². The summed E-state index contributed by atoms with van der Waals surface area (Å²) in [6.45, 7) is 10.1. The van der Waals surface area contributed by atoms with Crippen molar-refractivity contribution in [1.82, 2.24) is 29.8 Å². The molecule has 0 amide bonds. The number of carbonyl (C=O) groups excluding carboxylic acids is 1. The first-order valence-electron chi connectivity index (χ1n) is 12.8. The largest absolute Gasteiger partial charge is 0.528 e. The van der Waals surface area contributed by atoms with Crippen LogP contribution in [0.2, 0.25) is 5.02 Å². The molecule has 0 bridgehead atoms. The minimum atomic E-state index is -0.754. The Morgan fingerprint density at radius 2 is 1.65 bits per heavy atom. The van der Waals surface area contributed by atoms with Crippen molar-refractivity contribution in [3.8, 4) is 5.69 Å². The molecule has 9 nitrogen and oxygen atoms in total. The quantitative estimate of drug-likeness (QED) is 0.388. The van der Waals surface area contributed by atoms with Gasteiger partial charge in [-0.15, -0.1) is 15.3 Å². The van der Waals surface area contributed by atoms with Crippen molar-refractivity contribution >= 4 is 17.8 Å². The van der Waals surface area contributed by atoms with Crippen molar-refractivity contribution in [2.75, 3.05) is 0 Å². The van der Waals surface area contributed by atoms with Gasteiger partial charge in [0.05, 0.1) is 18.8 Å². The first-order chi connectivity index (χ1) is 17.6. The molecule has 0 unspecified atom stereocenters. The molecule has 3 heterocycles. The number of hydrogen-bond acceptors (Lipinski definition) is 8. The van der Waals surface area contributed by atoms with Crippen LogP contribution in [-0.2, 0) is 22.7 Å². The first kappa shape index (κ1) is 25.6. The molecular weight excluding hydrogens is 492 g/mol. The number of hydroxylamine groups is 2. The molecule has 0 saturated heterocycles. The van der Waals surface area contributed by atoms with Crippen molar-refractivity contribution in [2.45, 2.75) is 90.8 Å². The van der Waals surface area contributed by atoms with E-state index in [4.69, 9.17) is 31.1 Å². The van der Waals surface area contributed by atoms with Crippen molar-refractivity contribution in [3.63, 3.8) is 0 Å². The molecule has 0 N–H and O–H groups in total. The van der Waals surface area contributed by atoms with Crippen molar-refractivity contribution in [3.05, 3.63) is 63.7 Å². The number of carbonyl (C=O) groups is 1. The fraction of sp³-hybridized carbons (Fsp3) is 0.519. The maximum Gasteiger partial charge on any atom is 0.528 e. The standard InChI is InChI=1S/C27H33ClN6O3/c1-16-12-17(2)30-24(29-16)18-6-8-19(9-7-18)25-32-31-23-15-33(37-26(35)36-27(3,4)5)14-20-13-21(28)10-11-22(20)34(23)25/h10-13,18-19H,6-9,14-15H2,1-5H3. The molecule has 1 aliphatic carbocycles. The highest BCUT2D eigenvalue weighted by atomic mass is 35.5. The van der Waals surface area contributed by atoms with Crippen LogP contribution in [0.15, 0.2) is 24.3 Å². The molecular formula is C27H33ClN6O3. The van der Waals surface area contributed by atoms with E-state index in [1.165, 1.54) is 0 Å². The number of fused-ring (bicyclic) bond motifs is 3. The second-order valence-corrected chi connectivity index (χ2v) is 11.4. The van der Waals surface area contributed by atoms with Crippen LogP contribution in [0.1, 0.15) is 92.7 Å². The lowest BCUT2D eigenvalue weighted by molar-refractivity contribution is -0.155. The Hall–Kier alpha value is -3.04. The predicted octanol–water partition coefficient (Wildman–Crippen LogP) is 5.95. The van der Waals surface area contributed by atoms with Gasteiger partial charge in [-0.2, -0.15) is 0 Å². The van der Waals surface area contributed by atoms with E-state index in [0.29, 0.717) is 23.3 Å². The Balaban J connectivity index is 1.40. The fourth-order valence-corrected chi connectivity index (χ4v) is 5.44. The van der Waals surface area contributed by atoms with Gasteiger partial charge < -0.3 is 9.57 Å². The Bertz CT molecular complexity index is 1290. The van der Waals surface area contributed by atoms with E-state index < -0.39 is 11.8 Å². The van der Waals surface area contributed by atoms with Crippen molar-refractivity contribution in [1.29, 1.82) is 0 Å². The highest BCUT2D eigenvalue weighted by Gasteiger charge is 2.33. The number of nitrogens with zero attached hydrogens (tertiary/aromatic N) is 6. The molecule has 2 aromatic heterocycles. The molecule has 196 valence electrons. The second kappa shape index (κ2) is 10.0. The zero-order chi connectivity index (χ0) is 26.3. The van der Waals surface area contributed by atoms with Crippen LogP contribution in [0.3, 0.4) is 0 Å². The third-order valence-corrected chi connectivity index (χ3v) is 6.99. The SMILES string of the molecule is Cc1cc(C)nc(C2CCC(c3nnc4n3-c3ccc(Cl)cc3CN(OC(=O)OC(C)(C)C)C4)CC2)n1. The van der Waals surface area contributed by atoms with E-state index in [-0.39, 0.29) is 12.5 Å². The number of aromatic nitrogens is 5. The second-order valence-electron chi connectivity index (χ2n) is 11.0. The van der Waals surface area contributed by atoms with Gasteiger partial charge in [-0.3, -0.25) is 4.57 Å². The summed E-state index contributed by atoms with van der Waals surface area (Å²) >= 11 is 6.35. The Morgan fingerprint density at radius 1 is 0.973 bits per heavy atom. The zero-order valence-electron chi connectivity index (χ0n) is 22.0. The van der Waals surface area contributed by atoms with E-state index >= 15 is 0 Å². The molecule has 0 spiro atoms. The zero-order valence-corrected chi connectivity index (χ0v) is 22.7. The van der Waals surface area contributed by atoms with Crippen LogP contribution in [0, 0.1) is 13.8 Å². The molecule has 10 heteroatoms. The molecule has 3 aromatic rings. The third kappa shape index (κ3) is 5.78. The summed E-state index contributed by atoms with van der Waals surface area (Å²) in [6, 6.07) is 7.77. The number of rotatable bonds is 3. The topological polar surface area (TPSA) is 95.3 Å². The Kier molecular flexibility index (Phi) is 6.93. The van der Waals surface area contributed by atoms with Crippen LogP contribution >= 0.6 is 11.6 Å². The highest BCUT2D eigenvalue weighted by Crippen LogP contribution is 2.40. The summed E-state index contributed by atoms with van der Waals surface area (Å²) in [4.78, 5) is 27.4. The molecule has 0 atom stereocenters. The van der Waals surface area contributed by atoms with Gasteiger partial charge >= 0.3 is 6.16 Å². The molecule has 37 heavy (non-hydrogen) atoms. The minimum Gasteiger partial charge on any atom is -0.427 e. The van der Waals surface area contributed by atoms with Gasteiger partial charge in [-0.1, -0.05) is 11.6 Å². The summed E-state index contributed by atoms with van der Waals surface area (Å²) in [5.74, 6) is 3.19. The van der Waals surface area contributed by atoms with Crippen LogP contribution in [0.5, 0.6) is 0 Å². The summed E-state index contributed by atoms with van der Waals surface area (Å²) in [6.07, 6.45) is 3.19. The lowest BCUT2D eigenvalue weighted by Gasteiger charge is -2.28. The van der Waals surface area contributed by atoms with Gasteiger partial charge in [0, 0.05) is 28.2 Å². The average molecular weight is 525 g/mol. The summed E-state index contributed by atoms with van der Waals surface area (Å²) < 4.78 is 7.47. The van der Waals surface area contributed by atoms with Crippen molar-refractivity contribution < 1.29 is 14.4 Å². The normalized spacial score (nSPS) is 20.1. The fourth-order valence-electron chi connectivity index (χ4n) is 5.25. The maximum absolute atomic E-state index is 12.4. The van der Waals surface area contributed by atoms with E-state index in [1.807, 2.05) is 38.1 Å². The Morgan fingerprint density at radius 3 is 2.32 bits per heavy atom. The first-order valence-corrected chi connectivity index (χ1v) is 13.1. The van der Waals surface area contributed by atoms with Gasteiger partial charge in [0.25, 0.3) is 0 Å². The van der Waals surface area contributed by atoms with Gasteiger partial charge in [-0.05, 0) is 90.1 Å². The van der Waals surface area contributed by atoms with E-state index in [0.717, 1.165) is 60.0 Å². The van der Waals surface area contributed by atoms with Gasteiger partial charge in [-0.25, -0.2) is 14.8 Å². The predicted molar refractivity (Wildman–Crippen MR) is 138 cm³/mol. The molecule has 1 aromatic carbocycles. The number of aryl methyl sites for hydroxylation is 2. The molecule has 1 aliphatic heterocycles. The maximum atomic E-state index is 12.4. The summed E-state index contributed by atoms with van der Waals surface area (Å²) in [7, 11) is 0. The van der Waals surface area contributed by atoms with Crippen LogP contribution in [0.25, 0.3) is 5.69 Å². The Labute approximate surface area is 222 Å². The van der Waals surface area contributed by atoms with Gasteiger partial charge in [0.15, 0.2) is 5.82 Å². The molecule has 2 aliphatic rings. The number of halogens is 1. The minimum absolute atomic E-state index is 0.255. The van der Waals surface area contributed by atoms with E-state index in [9.17, 15) is 4.79 Å². The summed E-state index contributed by atoms with van der Waals surface area (Å²) in [5, 5.41) is 11.3. The summed E-state index contributed by atoms with van der Waals surface area (Å²) in [5.41, 5.74) is 3.25. The monoisotopic (exact) mass is 524 g/mol. The number of hydrogen-bond donors (Lipinski definition) is 0. The lowest BCUT2D eigenvalue weighted by Crippen LogP contribution is -2.31.